The van der Waals surface area contributed by atoms with E-state index in [-0.39, 0.29) is 12.5 Å². The van der Waals surface area contributed by atoms with E-state index in [1.165, 1.54) is 12.5 Å². The van der Waals surface area contributed by atoms with Crippen molar-refractivity contribution in [2.45, 2.75) is 13.0 Å². The van der Waals surface area contributed by atoms with E-state index >= 15 is 0 Å². The fourth-order valence-corrected chi connectivity index (χ4v) is 3.56. The molecule has 0 unspecified atom stereocenters. The van der Waals surface area contributed by atoms with E-state index < -0.39 is 23.8 Å². The second kappa shape index (κ2) is 8.44. The number of aliphatic imine (C=N–C) groups is 1. The molecular formula is C20H22N4O6. The molecule has 0 aliphatic carbocycles. The molecule has 2 aliphatic rings. The first-order chi connectivity index (χ1) is 14.6. The molecule has 0 bridgehead atoms. The number of carbonyl (C=O) groups excluding carboxylic acids is 3. The molecule has 0 saturated carbocycles. The second-order valence-electron chi connectivity index (χ2n) is 6.89. The van der Waals surface area contributed by atoms with E-state index in [2.05, 4.69) is 10.3 Å². The molecule has 2 aromatic heterocycles. The standard InChI is InChI=1S/C20H22N4O6/c1-2-28-19(27)15-16(13-5-3-11-29-13)21-20(22-17(15)25)24-9-7-23(8-10-24)18(26)14-6-4-12-30-14/h3-6,11-12,15-16H,2,7-10H2,1H3,(H,21,22,25)/t15-,16+/m0/s1. The van der Waals surface area contributed by atoms with Gasteiger partial charge in [-0.25, -0.2) is 4.99 Å². The SMILES string of the molecule is CCOC(=O)[C@@H]1C(=O)NC(N2CCN(C(=O)c3ccco3)CC2)=N[C@@H]1c1ccco1. The number of hydrogen-bond acceptors (Lipinski definition) is 8. The highest BCUT2D eigenvalue weighted by molar-refractivity contribution is 6.08. The number of amides is 2. The highest BCUT2D eigenvalue weighted by atomic mass is 16.5. The first-order valence-corrected chi connectivity index (χ1v) is 9.75. The molecule has 1 saturated heterocycles. The normalized spacial score (nSPS) is 21.8. The Morgan fingerprint density at radius 1 is 1.17 bits per heavy atom. The number of rotatable bonds is 4. The topological polar surface area (TPSA) is 118 Å². The summed E-state index contributed by atoms with van der Waals surface area (Å²) >= 11 is 0. The first-order valence-electron chi connectivity index (χ1n) is 9.75. The Kier molecular flexibility index (Phi) is 5.55. The van der Waals surface area contributed by atoms with Gasteiger partial charge in [0.1, 0.15) is 11.8 Å². The molecule has 4 rings (SSSR count). The molecule has 2 atom stereocenters. The van der Waals surface area contributed by atoms with Gasteiger partial charge in [-0.2, -0.15) is 0 Å². The Morgan fingerprint density at radius 2 is 1.90 bits per heavy atom. The molecule has 158 valence electrons. The van der Waals surface area contributed by atoms with E-state index in [9.17, 15) is 14.4 Å². The van der Waals surface area contributed by atoms with Gasteiger partial charge in [0, 0.05) is 26.2 Å². The number of carbonyl (C=O) groups is 3. The third-order valence-corrected chi connectivity index (χ3v) is 5.07. The number of hydrogen-bond donors (Lipinski definition) is 1. The lowest BCUT2D eigenvalue weighted by Crippen LogP contribution is -2.58. The van der Waals surface area contributed by atoms with Crippen molar-refractivity contribution in [1.29, 1.82) is 0 Å². The molecule has 10 nitrogen and oxygen atoms in total. The summed E-state index contributed by atoms with van der Waals surface area (Å²) in [6, 6.07) is 5.84. The lowest BCUT2D eigenvalue weighted by atomic mass is 9.95. The van der Waals surface area contributed by atoms with Crippen LogP contribution < -0.4 is 5.32 Å². The molecule has 2 aliphatic heterocycles. The van der Waals surface area contributed by atoms with E-state index in [4.69, 9.17) is 13.6 Å². The quantitative estimate of drug-likeness (QED) is 0.587. The summed E-state index contributed by atoms with van der Waals surface area (Å²) in [5, 5.41) is 2.71. The van der Waals surface area contributed by atoms with Gasteiger partial charge in [0.05, 0.1) is 19.1 Å². The predicted octanol–water partition coefficient (Wildman–Crippen LogP) is 1.04. The number of guanidine groups is 1. The Bertz CT molecular complexity index is 929. The van der Waals surface area contributed by atoms with Gasteiger partial charge in [-0.1, -0.05) is 0 Å². The molecule has 0 radical (unpaired) electrons. The van der Waals surface area contributed by atoms with Crippen molar-refractivity contribution in [2.24, 2.45) is 10.9 Å². The van der Waals surface area contributed by atoms with Crippen LogP contribution in [0.1, 0.15) is 29.3 Å². The molecule has 1 fully saturated rings. The molecule has 2 aromatic rings. The average Bonchev–Trinajstić information content (AvgIpc) is 3.47. The molecule has 10 heteroatoms. The number of piperazine rings is 1. The monoisotopic (exact) mass is 414 g/mol. The van der Waals surface area contributed by atoms with Crippen molar-refractivity contribution in [3.8, 4) is 0 Å². The summed E-state index contributed by atoms with van der Waals surface area (Å²) < 4.78 is 15.7. The van der Waals surface area contributed by atoms with Crippen molar-refractivity contribution >= 4 is 23.7 Å². The van der Waals surface area contributed by atoms with Crippen LogP contribution in [0.4, 0.5) is 0 Å². The number of nitrogens with zero attached hydrogens (tertiary/aromatic N) is 3. The summed E-state index contributed by atoms with van der Waals surface area (Å²) in [5.41, 5.74) is 0. The second-order valence-corrected chi connectivity index (χ2v) is 6.89. The van der Waals surface area contributed by atoms with E-state index in [0.29, 0.717) is 43.7 Å². The Balaban J connectivity index is 1.50. The maximum absolute atomic E-state index is 12.8. The zero-order valence-electron chi connectivity index (χ0n) is 16.4. The minimum Gasteiger partial charge on any atom is -0.467 e. The van der Waals surface area contributed by atoms with Gasteiger partial charge in [-0.3, -0.25) is 19.7 Å². The fourth-order valence-electron chi connectivity index (χ4n) is 3.56. The molecule has 30 heavy (non-hydrogen) atoms. The van der Waals surface area contributed by atoms with E-state index in [0.717, 1.165) is 0 Å². The summed E-state index contributed by atoms with van der Waals surface area (Å²) in [6.07, 6.45) is 2.93. The lowest BCUT2D eigenvalue weighted by Gasteiger charge is -2.38. The van der Waals surface area contributed by atoms with E-state index in [1.54, 1.807) is 36.1 Å². The van der Waals surface area contributed by atoms with Gasteiger partial charge < -0.3 is 23.4 Å². The Hall–Kier alpha value is -3.56. The minimum atomic E-state index is -1.12. The molecule has 4 heterocycles. The Labute approximate surface area is 172 Å². The van der Waals surface area contributed by atoms with Crippen molar-refractivity contribution < 1.29 is 28.0 Å². The minimum absolute atomic E-state index is 0.162. The predicted molar refractivity (Wildman–Crippen MR) is 103 cm³/mol. The molecule has 1 N–H and O–H groups in total. The number of esters is 1. The third kappa shape index (κ3) is 3.80. The van der Waals surface area contributed by atoms with Gasteiger partial charge in [0.2, 0.25) is 11.9 Å². The molecule has 0 spiro atoms. The largest absolute Gasteiger partial charge is 0.467 e. The van der Waals surface area contributed by atoms with Gasteiger partial charge in [0.15, 0.2) is 11.7 Å². The smallest absolute Gasteiger partial charge is 0.321 e. The fraction of sp³-hybridized carbons (Fsp3) is 0.400. The molecule has 2 amide bonds. The third-order valence-electron chi connectivity index (χ3n) is 5.07. The summed E-state index contributed by atoms with van der Waals surface area (Å²) in [5.74, 6) is -1.38. The van der Waals surface area contributed by atoms with Crippen LogP contribution >= 0.6 is 0 Å². The van der Waals surface area contributed by atoms with Crippen molar-refractivity contribution in [3.05, 3.63) is 48.3 Å². The van der Waals surface area contributed by atoms with Crippen LogP contribution in [0.15, 0.2) is 50.6 Å². The van der Waals surface area contributed by atoms with Crippen molar-refractivity contribution in [3.63, 3.8) is 0 Å². The van der Waals surface area contributed by atoms with Crippen LogP contribution in [-0.2, 0) is 14.3 Å². The van der Waals surface area contributed by atoms with Gasteiger partial charge in [0.25, 0.3) is 5.91 Å². The van der Waals surface area contributed by atoms with Gasteiger partial charge in [-0.15, -0.1) is 0 Å². The maximum atomic E-state index is 12.8. The molecule has 0 aromatic carbocycles. The average molecular weight is 414 g/mol. The number of ether oxygens (including phenoxy) is 1. The number of furan rings is 2. The van der Waals surface area contributed by atoms with Gasteiger partial charge in [-0.05, 0) is 31.2 Å². The van der Waals surface area contributed by atoms with E-state index in [1.807, 2.05) is 4.90 Å². The van der Waals surface area contributed by atoms with Crippen LogP contribution in [0, 0.1) is 5.92 Å². The highest BCUT2D eigenvalue weighted by Gasteiger charge is 2.43. The zero-order chi connectivity index (χ0) is 21.1. The van der Waals surface area contributed by atoms with Crippen molar-refractivity contribution in [1.82, 2.24) is 15.1 Å². The van der Waals surface area contributed by atoms with Crippen molar-refractivity contribution in [2.75, 3.05) is 32.8 Å². The Morgan fingerprint density at radius 3 is 2.53 bits per heavy atom. The van der Waals surface area contributed by atoms with Crippen LogP contribution in [0.5, 0.6) is 0 Å². The van der Waals surface area contributed by atoms with Gasteiger partial charge >= 0.3 is 5.97 Å². The first kappa shape index (κ1) is 19.7. The van der Waals surface area contributed by atoms with Crippen LogP contribution in [0.25, 0.3) is 0 Å². The lowest BCUT2D eigenvalue weighted by molar-refractivity contribution is -0.153. The molecular weight excluding hydrogens is 392 g/mol. The zero-order valence-corrected chi connectivity index (χ0v) is 16.4. The highest BCUT2D eigenvalue weighted by Crippen LogP contribution is 2.31. The summed E-state index contributed by atoms with van der Waals surface area (Å²) in [7, 11) is 0. The van der Waals surface area contributed by atoms with Crippen LogP contribution in [0.2, 0.25) is 0 Å². The number of nitrogens with one attached hydrogen (secondary N) is 1. The van der Waals surface area contributed by atoms with Crippen LogP contribution in [0.3, 0.4) is 0 Å². The summed E-state index contributed by atoms with van der Waals surface area (Å²) in [4.78, 5) is 45.7. The maximum Gasteiger partial charge on any atom is 0.321 e. The summed E-state index contributed by atoms with van der Waals surface area (Å²) in [6.45, 7) is 3.68. The van der Waals surface area contributed by atoms with Crippen LogP contribution in [-0.4, -0.2) is 66.3 Å².